The molecule has 3 aliphatic carbocycles. The van der Waals surface area contributed by atoms with Crippen molar-refractivity contribution >= 4 is 39.3 Å². The van der Waals surface area contributed by atoms with Gasteiger partial charge in [0.2, 0.25) is 11.8 Å². The Kier molecular flexibility index (Phi) is 5.73. The number of fused-ring (bicyclic) bond motifs is 6. The summed E-state index contributed by atoms with van der Waals surface area (Å²) in [5.74, 6) is 3.01. The van der Waals surface area contributed by atoms with Crippen molar-refractivity contribution in [1.82, 2.24) is 9.80 Å². The molecule has 2 bridgehead atoms. The Morgan fingerprint density at radius 1 is 0.861 bits per heavy atom. The monoisotopic (exact) mass is 508 g/mol. The van der Waals surface area contributed by atoms with Crippen LogP contribution in [0, 0.1) is 40.7 Å². The maximum absolute atomic E-state index is 13.3. The minimum atomic E-state index is 0.00308. The van der Waals surface area contributed by atoms with Crippen molar-refractivity contribution in [2.24, 2.45) is 35.5 Å². The summed E-state index contributed by atoms with van der Waals surface area (Å²) >= 11 is 1.27. The zero-order valence-electron chi connectivity index (χ0n) is 20.9. The van der Waals surface area contributed by atoms with E-state index in [1.165, 1.54) is 30.8 Å². The predicted octanol–water partition coefficient (Wildman–Crippen LogP) is 3.49. The summed E-state index contributed by atoms with van der Waals surface area (Å²) < 4.78 is 2.11. The molecule has 6 atom stereocenters. The first-order valence-electron chi connectivity index (χ1n) is 14.0. The van der Waals surface area contributed by atoms with E-state index in [9.17, 15) is 14.8 Å². The molecule has 2 saturated heterocycles. The molecule has 2 aromatic rings. The molecule has 36 heavy (non-hydrogen) atoms. The zero-order chi connectivity index (χ0) is 24.4. The van der Waals surface area contributed by atoms with E-state index in [1.807, 2.05) is 18.2 Å². The number of carbonyl (C=O) groups is 2. The van der Waals surface area contributed by atoms with Gasteiger partial charge in [0.25, 0.3) is 5.82 Å². The van der Waals surface area contributed by atoms with E-state index >= 15 is 0 Å². The van der Waals surface area contributed by atoms with Gasteiger partial charge in [0.15, 0.2) is 0 Å². The highest BCUT2D eigenvalue weighted by Gasteiger charge is 2.61. The second kappa shape index (κ2) is 8.98. The number of anilines is 1. The molecular weight excluding hydrogens is 472 g/mol. The molecule has 0 radical (unpaired) electrons. The van der Waals surface area contributed by atoms with Crippen LogP contribution in [0.15, 0.2) is 24.3 Å². The van der Waals surface area contributed by atoms with E-state index in [4.69, 9.17) is 0 Å². The number of hydrogen-bond acceptors (Lipinski definition) is 6. The Morgan fingerprint density at radius 2 is 1.50 bits per heavy atom. The highest BCUT2D eigenvalue weighted by molar-refractivity contribution is 7.10. The van der Waals surface area contributed by atoms with Crippen LogP contribution in [0.1, 0.15) is 44.9 Å². The van der Waals surface area contributed by atoms with Crippen molar-refractivity contribution in [1.29, 1.82) is 0 Å². The van der Waals surface area contributed by atoms with E-state index < -0.39 is 0 Å². The van der Waals surface area contributed by atoms with Gasteiger partial charge in [0.1, 0.15) is 0 Å². The summed E-state index contributed by atoms with van der Waals surface area (Å²) in [6.45, 7) is 5.29. The molecule has 2 aliphatic heterocycles. The molecule has 0 spiro atoms. The van der Waals surface area contributed by atoms with E-state index in [-0.39, 0.29) is 23.7 Å². The van der Waals surface area contributed by atoms with Crippen LogP contribution < -0.4 is 9.02 Å². The average molecular weight is 509 g/mol. The molecule has 0 unspecified atom stereocenters. The summed E-state index contributed by atoms with van der Waals surface area (Å²) in [6.07, 6.45) is 8.16. The molecule has 5 aliphatic rings. The van der Waals surface area contributed by atoms with Crippen LogP contribution in [0.5, 0.6) is 0 Å². The van der Waals surface area contributed by atoms with Crippen molar-refractivity contribution in [3.8, 4) is 0 Å². The van der Waals surface area contributed by atoms with E-state index in [0.717, 1.165) is 78.4 Å². The number of amides is 2. The maximum atomic E-state index is 13.3. The Balaban J connectivity index is 0.995. The zero-order valence-corrected chi connectivity index (χ0v) is 21.7. The molecular formula is C28H36N4O3S. The highest BCUT2D eigenvalue weighted by Crippen LogP contribution is 2.56. The third kappa shape index (κ3) is 3.66. The largest absolute Gasteiger partial charge is 0.700 e. The van der Waals surface area contributed by atoms with Gasteiger partial charge in [-0.3, -0.25) is 24.3 Å². The van der Waals surface area contributed by atoms with Crippen LogP contribution in [0.2, 0.25) is 0 Å². The third-order valence-corrected chi connectivity index (χ3v) is 11.0. The normalized spacial score (nSPS) is 34.8. The van der Waals surface area contributed by atoms with Crippen LogP contribution >= 0.6 is 11.5 Å². The molecule has 7 rings (SSSR count). The number of carbonyl (C=O) groups excluding carboxylic acids is 2. The van der Waals surface area contributed by atoms with Crippen LogP contribution in [0.4, 0.5) is 5.82 Å². The van der Waals surface area contributed by atoms with Crippen molar-refractivity contribution in [2.75, 3.05) is 44.2 Å². The fourth-order valence-electron chi connectivity index (χ4n) is 8.37. The van der Waals surface area contributed by atoms with E-state index in [2.05, 4.69) is 15.9 Å². The quantitative estimate of drug-likeness (QED) is 0.351. The summed E-state index contributed by atoms with van der Waals surface area (Å²) in [5.41, 5.74) is 0. The van der Waals surface area contributed by atoms with Gasteiger partial charge in [-0.2, -0.15) is 4.12 Å². The van der Waals surface area contributed by atoms with Gasteiger partial charge in [-0.15, -0.1) is 0 Å². The third-order valence-electron chi connectivity index (χ3n) is 10.1. The van der Waals surface area contributed by atoms with Crippen LogP contribution in [-0.4, -0.2) is 60.9 Å². The minimum Gasteiger partial charge on any atom is -0.700 e. The molecule has 1 aromatic heterocycles. The van der Waals surface area contributed by atoms with Gasteiger partial charge in [-0.05, 0) is 67.9 Å². The van der Waals surface area contributed by atoms with Crippen molar-refractivity contribution < 1.29 is 13.7 Å². The van der Waals surface area contributed by atoms with Gasteiger partial charge in [-0.1, -0.05) is 25.0 Å². The van der Waals surface area contributed by atoms with Crippen molar-refractivity contribution in [2.45, 2.75) is 44.9 Å². The maximum Gasteiger partial charge on any atom is 0.300 e. The number of benzene rings is 1. The lowest BCUT2D eigenvalue weighted by molar-refractivity contribution is -0.515. The molecule has 3 heterocycles. The number of nitrogens with zero attached hydrogens (tertiary/aromatic N) is 4. The van der Waals surface area contributed by atoms with Gasteiger partial charge in [0.05, 0.1) is 35.0 Å². The molecule has 5 fully saturated rings. The molecule has 7 nitrogen and oxygen atoms in total. The lowest BCUT2D eigenvalue weighted by Gasteiger charge is -2.39. The summed E-state index contributed by atoms with van der Waals surface area (Å²) in [7, 11) is 0. The molecule has 2 amide bonds. The molecule has 192 valence electrons. The van der Waals surface area contributed by atoms with Gasteiger partial charge in [-0.25, -0.2) is 0 Å². The van der Waals surface area contributed by atoms with Gasteiger partial charge in [0, 0.05) is 37.7 Å². The van der Waals surface area contributed by atoms with Gasteiger partial charge < -0.3 is 5.21 Å². The number of imide groups is 1. The SMILES string of the molecule is O=C1[C@@H]2[C@H]3CC[C@H](C3)[C@@H]2C(=O)N1C[C@@H]1CCCC[C@H]1CN1CCN(c2c3ccccc3s[n+]2[O-])CC1. The number of hydrogen-bond donors (Lipinski definition) is 0. The summed E-state index contributed by atoms with van der Waals surface area (Å²) in [4.78, 5) is 33.1. The van der Waals surface area contributed by atoms with Crippen molar-refractivity contribution in [3.63, 3.8) is 0 Å². The smallest absolute Gasteiger partial charge is 0.300 e. The first-order chi connectivity index (χ1) is 17.6. The lowest BCUT2D eigenvalue weighted by atomic mass is 9.78. The molecule has 3 saturated carbocycles. The Morgan fingerprint density at radius 3 is 2.19 bits per heavy atom. The lowest BCUT2D eigenvalue weighted by Crippen LogP contribution is -2.51. The highest BCUT2D eigenvalue weighted by atomic mass is 32.1. The van der Waals surface area contributed by atoms with Gasteiger partial charge >= 0.3 is 0 Å². The Labute approximate surface area is 216 Å². The number of piperazine rings is 1. The first-order valence-corrected chi connectivity index (χ1v) is 14.8. The first kappa shape index (κ1) is 23.0. The summed E-state index contributed by atoms with van der Waals surface area (Å²) in [5, 5.41) is 13.7. The van der Waals surface area contributed by atoms with E-state index in [0.29, 0.717) is 30.2 Å². The van der Waals surface area contributed by atoms with Crippen LogP contribution in [-0.2, 0) is 9.59 Å². The number of aromatic nitrogens is 1. The molecule has 0 N–H and O–H groups in total. The number of likely N-dealkylation sites (tertiary alicyclic amines) is 1. The molecule has 1 aromatic carbocycles. The van der Waals surface area contributed by atoms with E-state index in [1.54, 1.807) is 4.90 Å². The fraction of sp³-hybridized carbons (Fsp3) is 0.679. The van der Waals surface area contributed by atoms with Crippen LogP contribution in [0.3, 0.4) is 0 Å². The number of rotatable bonds is 5. The predicted molar refractivity (Wildman–Crippen MR) is 139 cm³/mol. The Hall–Kier alpha value is -2.19. The van der Waals surface area contributed by atoms with Crippen molar-refractivity contribution in [3.05, 3.63) is 29.5 Å². The Bertz CT molecular complexity index is 1150. The summed E-state index contributed by atoms with van der Waals surface area (Å²) in [6, 6.07) is 8.06. The second-order valence-corrected chi connectivity index (χ2v) is 12.9. The second-order valence-electron chi connectivity index (χ2n) is 11.9. The minimum absolute atomic E-state index is 0.00308. The van der Waals surface area contributed by atoms with Crippen LogP contribution in [0.25, 0.3) is 10.1 Å². The average Bonchev–Trinajstić information content (AvgIpc) is 3.64. The standard InChI is InChI=1S/C28H36N4O3S/c33-27-24-18-9-10-19(15-18)25(24)28(34)31(27)17-21-6-2-1-5-20(21)16-29-11-13-30(14-12-29)26-22-7-3-4-8-23(22)36-32(26)35/h3-4,7-8,18-21,24-25H,1-2,5-6,9-17H2/t18-,19+,20-,21-,24+,25-/m0/s1. The molecule has 8 heteroatoms. The topological polar surface area (TPSA) is 70.8 Å². The fourth-order valence-corrected chi connectivity index (χ4v) is 9.25.